The molecule has 0 radical (unpaired) electrons. The lowest BCUT2D eigenvalue weighted by molar-refractivity contribution is 0.757. The van der Waals surface area contributed by atoms with Gasteiger partial charge in [0.2, 0.25) is 0 Å². The zero-order chi connectivity index (χ0) is 11.4. The van der Waals surface area contributed by atoms with E-state index in [2.05, 4.69) is 36.1 Å². The first-order chi connectivity index (χ1) is 7.78. The molecule has 1 aliphatic carbocycles. The zero-order valence-electron chi connectivity index (χ0n) is 9.78. The third-order valence-corrected chi connectivity index (χ3v) is 4.30. The van der Waals surface area contributed by atoms with Crippen LogP contribution in [0.5, 0.6) is 0 Å². The molecule has 1 aromatic rings. The third kappa shape index (κ3) is 3.08. The molecule has 0 bridgehead atoms. The van der Waals surface area contributed by atoms with E-state index in [-0.39, 0.29) is 0 Å². The number of thioether (sulfide) groups is 1. The topological polar surface area (TPSA) is 38.0 Å². The maximum absolute atomic E-state index is 5.67. The van der Waals surface area contributed by atoms with Crippen molar-refractivity contribution in [1.29, 1.82) is 0 Å². The Bertz CT molecular complexity index is 323. The number of hydrogen-bond donors (Lipinski definition) is 2. The quantitative estimate of drug-likeness (QED) is 0.787. The van der Waals surface area contributed by atoms with E-state index in [0.717, 1.165) is 10.9 Å². The summed E-state index contributed by atoms with van der Waals surface area (Å²) < 4.78 is 0. The second kappa shape index (κ2) is 5.48. The summed E-state index contributed by atoms with van der Waals surface area (Å²) in [5.41, 5.74) is 7.69. The van der Waals surface area contributed by atoms with Crippen molar-refractivity contribution in [2.45, 2.75) is 37.5 Å². The number of rotatable bonds is 4. The van der Waals surface area contributed by atoms with Crippen LogP contribution in [-0.2, 0) is 0 Å². The van der Waals surface area contributed by atoms with Crippen molar-refractivity contribution in [3.8, 4) is 0 Å². The van der Waals surface area contributed by atoms with Crippen LogP contribution in [0.2, 0.25) is 0 Å². The van der Waals surface area contributed by atoms with Crippen molar-refractivity contribution in [2.24, 2.45) is 0 Å². The maximum atomic E-state index is 5.67. The highest BCUT2D eigenvalue weighted by molar-refractivity contribution is 7.99. The number of nitrogens with two attached hydrogens (primary N) is 1. The summed E-state index contributed by atoms with van der Waals surface area (Å²) in [6, 6.07) is 8.68. The maximum Gasteiger partial charge on any atom is 0.0343 e. The predicted octanol–water partition coefficient (Wildman–Crippen LogP) is 3.35. The van der Waals surface area contributed by atoms with Crippen LogP contribution in [0.25, 0.3) is 0 Å². The molecule has 0 spiro atoms. The third-order valence-electron chi connectivity index (χ3n) is 3.07. The summed E-state index contributed by atoms with van der Waals surface area (Å²) in [5.74, 6) is 1.24. The average molecular weight is 236 g/mol. The monoisotopic (exact) mass is 236 g/mol. The van der Waals surface area contributed by atoms with Crippen molar-refractivity contribution in [3.05, 3.63) is 24.3 Å². The smallest absolute Gasteiger partial charge is 0.0343 e. The summed E-state index contributed by atoms with van der Waals surface area (Å²) >= 11 is 2.10. The van der Waals surface area contributed by atoms with Gasteiger partial charge in [-0.3, -0.25) is 0 Å². The minimum atomic E-state index is 0.646. The van der Waals surface area contributed by atoms with Gasteiger partial charge in [0.1, 0.15) is 0 Å². The largest absolute Gasteiger partial charge is 0.399 e. The lowest BCUT2D eigenvalue weighted by Crippen LogP contribution is -2.15. The average Bonchev–Trinajstić information content (AvgIpc) is 2.70. The van der Waals surface area contributed by atoms with E-state index in [4.69, 9.17) is 5.73 Å². The van der Waals surface area contributed by atoms with Crippen molar-refractivity contribution in [3.63, 3.8) is 0 Å². The van der Waals surface area contributed by atoms with Crippen LogP contribution < -0.4 is 11.1 Å². The van der Waals surface area contributed by atoms with Crippen LogP contribution in [0, 0.1) is 0 Å². The van der Waals surface area contributed by atoms with Crippen LogP contribution in [0.1, 0.15) is 26.2 Å². The minimum Gasteiger partial charge on any atom is -0.399 e. The van der Waals surface area contributed by atoms with E-state index in [1.165, 1.54) is 30.7 Å². The van der Waals surface area contributed by atoms with Crippen LogP contribution in [0.15, 0.2) is 24.3 Å². The first-order valence-corrected chi connectivity index (χ1v) is 7.06. The SMILES string of the molecule is CCSC1CCC(Nc2ccc(N)cc2)C1. The van der Waals surface area contributed by atoms with E-state index >= 15 is 0 Å². The molecule has 1 aliphatic rings. The van der Waals surface area contributed by atoms with E-state index in [1.54, 1.807) is 0 Å². The molecule has 0 aromatic heterocycles. The second-order valence-electron chi connectivity index (χ2n) is 4.35. The predicted molar refractivity (Wildman–Crippen MR) is 74.0 cm³/mol. The number of hydrogen-bond acceptors (Lipinski definition) is 3. The number of benzene rings is 1. The molecular formula is C13H20N2S. The number of nitrogen functional groups attached to an aromatic ring is 1. The van der Waals surface area contributed by atoms with E-state index in [9.17, 15) is 0 Å². The molecule has 1 fully saturated rings. The molecule has 2 rings (SSSR count). The molecular weight excluding hydrogens is 216 g/mol. The van der Waals surface area contributed by atoms with Gasteiger partial charge in [-0.1, -0.05) is 6.92 Å². The Morgan fingerprint density at radius 1 is 1.31 bits per heavy atom. The Morgan fingerprint density at radius 3 is 2.75 bits per heavy atom. The van der Waals surface area contributed by atoms with Gasteiger partial charge in [-0.25, -0.2) is 0 Å². The molecule has 2 nitrogen and oxygen atoms in total. The van der Waals surface area contributed by atoms with Gasteiger partial charge in [-0.15, -0.1) is 0 Å². The van der Waals surface area contributed by atoms with E-state index < -0.39 is 0 Å². The lowest BCUT2D eigenvalue weighted by atomic mass is 10.2. The molecule has 3 heteroatoms. The van der Waals surface area contributed by atoms with Crippen LogP contribution in [-0.4, -0.2) is 17.0 Å². The molecule has 1 aromatic carbocycles. The Kier molecular flexibility index (Phi) is 3.99. The summed E-state index contributed by atoms with van der Waals surface area (Å²) in [6.45, 7) is 2.24. The fourth-order valence-electron chi connectivity index (χ4n) is 2.27. The minimum absolute atomic E-state index is 0.646. The van der Waals surface area contributed by atoms with E-state index in [1.807, 2.05) is 12.1 Å². The Morgan fingerprint density at radius 2 is 2.06 bits per heavy atom. The van der Waals surface area contributed by atoms with Gasteiger partial charge >= 0.3 is 0 Å². The molecule has 16 heavy (non-hydrogen) atoms. The lowest BCUT2D eigenvalue weighted by Gasteiger charge is -2.14. The molecule has 0 amide bonds. The molecule has 2 atom stereocenters. The fourth-order valence-corrected chi connectivity index (χ4v) is 3.42. The molecule has 2 unspecified atom stereocenters. The fraction of sp³-hybridized carbons (Fsp3) is 0.538. The van der Waals surface area contributed by atoms with Crippen LogP contribution in [0.3, 0.4) is 0 Å². The summed E-state index contributed by atoms with van der Waals surface area (Å²) in [4.78, 5) is 0. The Balaban J connectivity index is 1.84. The van der Waals surface area contributed by atoms with Crippen LogP contribution >= 0.6 is 11.8 Å². The summed E-state index contributed by atoms with van der Waals surface area (Å²) in [6.07, 6.45) is 3.94. The highest BCUT2D eigenvalue weighted by Gasteiger charge is 2.24. The molecule has 1 saturated carbocycles. The molecule has 0 saturated heterocycles. The summed E-state index contributed by atoms with van der Waals surface area (Å²) in [7, 11) is 0. The normalized spacial score (nSPS) is 24.6. The highest BCUT2D eigenvalue weighted by Crippen LogP contribution is 2.31. The number of anilines is 2. The van der Waals surface area contributed by atoms with Gasteiger partial charge in [0.05, 0.1) is 0 Å². The Labute approximate surface area is 102 Å². The van der Waals surface area contributed by atoms with Gasteiger partial charge < -0.3 is 11.1 Å². The van der Waals surface area contributed by atoms with Crippen LogP contribution in [0.4, 0.5) is 11.4 Å². The van der Waals surface area contributed by atoms with Gasteiger partial charge in [-0.2, -0.15) is 11.8 Å². The molecule has 0 aliphatic heterocycles. The van der Waals surface area contributed by atoms with Gasteiger partial charge in [0.15, 0.2) is 0 Å². The van der Waals surface area contributed by atoms with Crippen molar-refractivity contribution < 1.29 is 0 Å². The van der Waals surface area contributed by atoms with Crippen molar-refractivity contribution >= 4 is 23.1 Å². The second-order valence-corrected chi connectivity index (χ2v) is 5.93. The van der Waals surface area contributed by atoms with E-state index in [0.29, 0.717) is 6.04 Å². The highest BCUT2D eigenvalue weighted by atomic mass is 32.2. The van der Waals surface area contributed by atoms with Gasteiger partial charge in [-0.05, 0) is 49.3 Å². The number of nitrogens with one attached hydrogen (secondary N) is 1. The molecule has 0 heterocycles. The Hall–Kier alpha value is -0.830. The van der Waals surface area contributed by atoms with Crippen molar-refractivity contribution in [1.82, 2.24) is 0 Å². The van der Waals surface area contributed by atoms with Gasteiger partial charge in [0.25, 0.3) is 0 Å². The first-order valence-electron chi connectivity index (χ1n) is 6.01. The zero-order valence-corrected chi connectivity index (χ0v) is 10.6. The van der Waals surface area contributed by atoms with Crippen molar-refractivity contribution in [2.75, 3.05) is 16.8 Å². The first kappa shape index (κ1) is 11.6. The standard InChI is InChI=1S/C13H20N2S/c1-2-16-13-8-7-12(9-13)15-11-5-3-10(14)4-6-11/h3-6,12-13,15H,2,7-9,14H2,1H3. The molecule has 88 valence electrons. The molecule has 3 N–H and O–H groups in total. The van der Waals surface area contributed by atoms with Gasteiger partial charge in [0, 0.05) is 22.7 Å². The summed E-state index contributed by atoms with van der Waals surface area (Å²) in [5, 5.41) is 4.45.